The Kier molecular flexibility index (Phi) is 4.52. The van der Waals surface area contributed by atoms with E-state index in [0.717, 1.165) is 0 Å². The average Bonchev–Trinajstić information content (AvgIpc) is 2.68. The molecule has 0 aromatic carbocycles. The first kappa shape index (κ1) is 15.8. The third-order valence-corrected chi connectivity index (χ3v) is 5.63. The lowest BCUT2D eigenvalue weighted by Gasteiger charge is -2.21. The number of carbonyl (C=O) groups excluding carboxylic acids is 1. The largest absolute Gasteiger partial charge is 0.381 e. The zero-order valence-corrected chi connectivity index (χ0v) is 13.1. The molecule has 1 saturated heterocycles. The van der Waals surface area contributed by atoms with Crippen LogP contribution < -0.4 is 5.73 Å². The standard InChI is InChI=1S/C12H21N5O3S/c1-3-10(18)16-5-4-6-17(8-7-16)21(19,20)12-11(13)14-9-15(12)2/h9H,3-8,13H2,1-2H3. The summed E-state index contributed by atoms with van der Waals surface area (Å²) in [5, 5.41) is 0.0118. The van der Waals surface area contributed by atoms with Gasteiger partial charge < -0.3 is 15.2 Å². The first-order valence-corrected chi connectivity index (χ1v) is 8.36. The van der Waals surface area contributed by atoms with Gasteiger partial charge in [-0.3, -0.25) is 4.79 Å². The summed E-state index contributed by atoms with van der Waals surface area (Å²) < 4.78 is 28.1. The van der Waals surface area contributed by atoms with Gasteiger partial charge in [0.2, 0.25) is 5.91 Å². The second kappa shape index (κ2) is 6.02. The predicted molar refractivity (Wildman–Crippen MR) is 77.9 cm³/mol. The number of amides is 1. The van der Waals surface area contributed by atoms with Crippen molar-refractivity contribution in [2.24, 2.45) is 7.05 Å². The molecular weight excluding hydrogens is 294 g/mol. The van der Waals surface area contributed by atoms with E-state index >= 15 is 0 Å². The van der Waals surface area contributed by atoms with E-state index in [2.05, 4.69) is 4.98 Å². The Hall–Kier alpha value is -1.61. The van der Waals surface area contributed by atoms with Crippen LogP contribution >= 0.6 is 0 Å². The van der Waals surface area contributed by atoms with Crippen molar-refractivity contribution in [2.75, 3.05) is 31.9 Å². The van der Waals surface area contributed by atoms with E-state index < -0.39 is 10.0 Å². The van der Waals surface area contributed by atoms with Gasteiger partial charge >= 0.3 is 0 Å². The molecule has 2 heterocycles. The van der Waals surface area contributed by atoms with Gasteiger partial charge in [0, 0.05) is 39.6 Å². The van der Waals surface area contributed by atoms with Crippen LogP contribution in [0.2, 0.25) is 0 Å². The highest BCUT2D eigenvalue weighted by Crippen LogP contribution is 2.21. The summed E-state index contributed by atoms with van der Waals surface area (Å²) in [5.41, 5.74) is 5.67. The smallest absolute Gasteiger partial charge is 0.262 e. The maximum Gasteiger partial charge on any atom is 0.262 e. The molecule has 8 nitrogen and oxygen atoms in total. The molecule has 118 valence electrons. The lowest BCUT2D eigenvalue weighted by atomic mass is 10.3. The fraction of sp³-hybridized carbons (Fsp3) is 0.667. The second-order valence-electron chi connectivity index (χ2n) is 5.04. The van der Waals surface area contributed by atoms with Crippen LogP contribution in [0.1, 0.15) is 19.8 Å². The molecule has 9 heteroatoms. The summed E-state index contributed by atoms with van der Waals surface area (Å²) in [6.45, 7) is 3.44. The third-order valence-electron chi connectivity index (χ3n) is 3.60. The summed E-state index contributed by atoms with van der Waals surface area (Å²) >= 11 is 0. The highest BCUT2D eigenvalue weighted by atomic mass is 32.2. The predicted octanol–water partition coefficient (Wildman–Crippen LogP) is -0.365. The number of hydrogen-bond acceptors (Lipinski definition) is 5. The van der Waals surface area contributed by atoms with Gasteiger partial charge in [0.15, 0.2) is 10.8 Å². The van der Waals surface area contributed by atoms with Gasteiger partial charge in [0.1, 0.15) is 0 Å². The number of sulfonamides is 1. The minimum Gasteiger partial charge on any atom is -0.381 e. The number of nitrogens with zero attached hydrogens (tertiary/aromatic N) is 4. The summed E-state index contributed by atoms with van der Waals surface area (Å²) in [5.74, 6) is 0.0533. The second-order valence-corrected chi connectivity index (χ2v) is 6.89. The van der Waals surface area contributed by atoms with Crippen molar-refractivity contribution in [2.45, 2.75) is 24.8 Å². The Labute approximate surface area is 124 Å². The van der Waals surface area contributed by atoms with Crippen molar-refractivity contribution in [1.29, 1.82) is 0 Å². The van der Waals surface area contributed by atoms with Gasteiger partial charge in [-0.05, 0) is 6.42 Å². The highest BCUT2D eigenvalue weighted by Gasteiger charge is 2.31. The van der Waals surface area contributed by atoms with Crippen LogP contribution in [-0.2, 0) is 21.9 Å². The summed E-state index contributed by atoms with van der Waals surface area (Å²) in [4.78, 5) is 17.3. The van der Waals surface area contributed by atoms with E-state index in [9.17, 15) is 13.2 Å². The van der Waals surface area contributed by atoms with Crippen LogP contribution in [0.4, 0.5) is 5.82 Å². The molecule has 0 aliphatic carbocycles. The molecule has 1 amide bonds. The number of carbonyl (C=O) groups is 1. The SMILES string of the molecule is CCC(=O)N1CCCN(S(=O)(=O)c2c(N)ncn2C)CC1. The quantitative estimate of drug-likeness (QED) is 0.820. The molecule has 0 bridgehead atoms. The Balaban J connectivity index is 2.21. The summed E-state index contributed by atoms with van der Waals surface area (Å²) in [6.07, 6.45) is 2.43. The average molecular weight is 315 g/mol. The summed E-state index contributed by atoms with van der Waals surface area (Å²) in [6, 6.07) is 0. The van der Waals surface area contributed by atoms with Crippen molar-refractivity contribution in [1.82, 2.24) is 18.8 Å². The molecule has 1 aromatic heterocycles. The van der Waals surface area contributed by atoms with E-state index in [-0.39, 0.29) is 23.3 Å². The Morgan fingerprint density at radius 2 is 2.05 bits per heavy atom. The van der Waals surface area contributed by atoms with Crippen molar-refractivity contribution < 1.29 is 13.2 Å². The molecule has 2 N–H and O–H groups in total. The van der Waals surface area contributed by atoms with E-state index in [1.807, 2.05) is 0 Å². The molecule has 0 atom stereocenters. The maximum absolute atomic E-state index is 12.7. The normalized spacial score (nSPS) is 17.7. The molecular formula is C12H21N5O3S. The molecule has 1 aliphatic heterocycles. The van der Waals surface area contributed by atoms with Gasteiger partial charge in [-0.2, -0.15) is 4.31 Å². The van der Waals surface area contributed by atoms with Crippen LogP contribution in [0.15, 0.2) is 11.4 Å². The Morgan fingerprint density at radius 3 is 2.62 bits per heavy atom. The number of anilines is 1. The number of imidazole rings is 1. The van der Waals surface area contributed by atoms with Crippen LogP contribution in [-0.4, -0.2) is 59.3 Å². The number of rotatable bonds is 3. The zero-order chi connectivity index (χ0) is 15.6. The van der Waals surface area contributed by atoms with Crippen LogP contribution in [0.5, 0.6) is 0 Å². The first-order chi connectivity index (χ1) is 9.87. The minimum atomic E-state index is -3.69. The maximum atomic E-state index is 12.7. The molecule has 1 fully saturated rings. The number of hydrogen-bond donors (Lipinski definition) is 1. The van der Waals surface area contributed by atoms with Crippen molar-refractivity contribution in [3.05, 3.63) is 6.33 Å². The Bertz CT molecular complexity index is 605. The van der Waals surface area contributed by atoms with Crippen molar-refractivity contribution in [3.8, 4) is 0 Å². The number of aromatic nitrogens is 2. The minimum absolute atomic E-state index is 0.00300. The first-order valence-electron chi connectivity index (χ1n) is 6.92. The number of nitrogens with two attached hydrogens (primary N) is 1. The third kappa shape index (κ3) is 3.03. The topological polar surface area (TPSA) is 102 Å². The number of nitrogen functional groups attached to an aromatic ring is 1. The van der Waals surface area contributed by atoms with Crippen LogP contribution in [0.25, 0.3) is 0 Å². The summed E-state index contributed by atoms with van der Waals surface area (Å²) in [7, 11) is -2.09. The van der Waals surface area contributed by atoms with Crippen molar-refractivity contribution >= 4 is 21.7 Å². The van der Waals surface area contributed by atoms with E-state index in [0.29, 0.717) is 32.5 Å². The molecule has 0 saturated carbocycles. The zero-order valence-electron chi connectivity index (χ0n) is 12.3. The molecule has 1 aromatic rings. The molecule has 1 aliphatic rings. The monoisotopic (exact) mass is 315 g/mol. The molecule has 0 radical (unpaired) electrons. The number of aryl methyl sites for hydroxylation is 1. The Morgan fingerprint density at radius 1 is 1.33 bits per heavy atom. The fourth-order valence-corrected chi connectivity index (χ4v) is 4.14. The molecule has 2 rings (SSSR count). The van der Waals surface area contributed by atoms with Crippen molar-refractivity contribution in [3.63, 3.8) is 0 Å². The van der Waals surface area contributed by atoms with Gasteiger partial charge in [-0.15, -0.1) is 0 Å². The van der Waals surface area contributed by atoms with Gasteiger partial charge in [0.25, 0.3) is 10.0 Å². The highest BCUT2D eigenvalue weighted by molar-refractivity contribution is 7.89. The van der Waals surface area contributed by atoms with Crippen LogP contribution in [0.3, 0.4) is 0 Å². The van der Waals surface area contributed by atoms with Crippen LogP contribution in [0, 0.1) is 0 Å². The lowest BCUT2D eigenvalue weighted by molar-refractivity contribution is -0.130. The van der Waals surface area contributed by atoms with Gasteiger partial charge in [-0.25, -0.2) is 13.4 Å². The fourth-order valence-electron chi connectivity index (χ4n) is 2.48. The molecule has 0 unspecified atom stereocenters. The van der Waals surface area contributed by atoms with E-state index in [1.165, 1.54) is 15.2 Å². The molecule has 0 spiro atoms. The molecule has 21 heavy (non-hydrogen) atoms. The van der Waals surface area contributed by atoms with E-state index in [4.69, 9.17) is 5.73 Å². The van der Waals surface area contributed by atoms with E-state index in [1.54, 1.807) is 18.9 Å². The van der Waals surface area contributed by atoms with Gasteiger partial charge in [0.05, 0.1) is 6.33 Å². The lowest BCUT2D eigenvalue weighted by Crippen LogP contribution is -2.37. The van der Waals surface area contributed by atoms with Gasteiger partial charge in [-0.1, -0.05) is 6.92 Å².